The fourth-order valence-corrected chi connectivity index (χ4v) is 4.08. The van der Waals surface area contributed by atoms with E-state index in [0.29, 0.717) is 42.0 Å². The van der Waals surface area contributed by atoms with Gasteiger partial charge in [-0.05, 0) is 18.0 Å². The molecule has 2 aromatic heterocycles. The van der Waals surface area contributed by atoms with Crippen LogP contribution in [0, 0.1) is 6.57 Å². The lowest BCUT2D eigenvalue weighted by molar-refractivity contribution is 0.0843. The summed E-state index contributed by atoms with van der Waals surface area (Å²) in [6.45, 7) is 15.7. The first kappa shape index (κ1) is 22.0. The molecule has 0 spiro atoms. The van der Waals surface area contributed by atoms with Crippen molar-refractivity contribution < 1.29 is 9.84 Å². The lowest BCUT2D eigenvalue weighted by Crippen LogP contribution is -2.26. The van der Waals surface area contributed by atoms with Crippen LogP contribution in [0.25, 0.3) is 27.1 Å². The summed E-state index contributed by atoms with van der Waals surface area (Å²) >= 11 is 0. The van der Waals surface area contributed by atoms with E-state index in [4.69, 9.17) is 11.3 Å². The van der Waals surface area contributed by atoms with Crippen molar-refractivity contribution in [1.82, 2.24) is 14.1 Å². The van der Waals surface area contributed by atoms with Crippen LogP contribution in [0.3, 0.4) is 0 Å². The first-order chi connectivity index (χ1) is 14.4. The van der Waals surface area contributed by atoms with Gasteiger partial charge in [0.05, 0.1) is 18.6 Å². The standard InChI is InChI=1S/C22H28N4O3Si/c1-23-18-19-21(22(28)25(15-24-19)16-29-13-14-30(2,3)4)26(11-8-12-27)20(18)17-9-6-5-7-10-17/h5-7,9-10,15,27H,8,11-14,16H2,2-4H3. The van der Waals surface area contributed by atoms with Crippen molar-refractivity contribution >= 4 is 24.8 Å². The number of aliphatic hydroxyl groups is 1. The number of aromatic nitrogens is 3. The number of aryl methyl sites for hydroxylation is 1. The van der Waals surface area contributed by atoms with Crippen LogP contribution in [0.2, 0.25) is 25.7 Å². The Kier molecular flexibility index (Phi) is 6.87. The molecule has 0 saturated heterocycles. The SMILES string of the molecule is [C-]#[N+]c1c(-c2ccccc2)n(CCCO)c2c(=O)n(COCC[Si](C)(C)C)cnc12. The zero-order valence-electron chi connectivity index (χ0n) is 17.8. The van der Waals surface area contributed by atoms with Gasteiger partial charge in [-0.15, -0.1) is 0 Å². The molecular formula is C22H28N4O3Si. The highest BCUT2D eigenvalue weighted by atomic mass is 28.3. The molecule has 0 amide bonds. The van der Waals surface area contributed by atoms with Gasteiger partial charge in [-0.2, -0.15) is 0 Å². The van der Waals surface area contributed by atoms with Crippen molar-refractivity contribution in [3.8, 4) is 11.3 Å². The van der Waals surface area contributed by atoms with Crippen LogP contribution >= 0.6 is 0 Å². The molecule has 0 aliphatic heterocycles. The molecule has 8 heteroatoms. The third-order valence-electron chi connectivity index (χ3n) is 4.93. The van der Waals surface area contributed by atoms with E-state index in [0.717, 1.165) is 11.6 Å². The molecule has 1 N–H and O–H groups in total. The van der Waals surface area contributed by atoms with Gasteiger partial charge in [0.2, 0.25) is 5.69 Å². The molecule has 158 valence electrons. The van der Waals surface area contributed by atoms with Gasteiger partial charge in [0.25, 0.3) is 5.56 Å². The Balaban J connectivity index is 2.08. The van der Waals surface area contributed by atoms with Crippen LogP contribution in [-0.2, 0) is 18.0 Å². The van der Waals surface area contributed by atoms with Crippen molar-refractivity contribution in [1.29, 1.82) is 0 Å². The Labute approximate surface area is 177 Å². The van der Waals surface area contributed by atoms with Gasteiger partial charge in [-0.3, -0.25) is 9.36 Å². The molecule has 0 fully saturated rings. The van der Waals surface area contributed by atoms with Crippen LogP contribution < -0.4 is 5.56 Å². The molecule has 0 aliphatic carbocycles. The number of rotatable bonds is 9. The third-order valence-corrected chi connectivity index (χ3v) is 6.63. The van der Waals surface area contributed by atoms with Crippen molar-refractivity contribution in [3.05, 3.63) is 58.4 Å². The summed E-state index contributed by atoms with van der Waals surface area (Å²) in [5.41, 5.74) is 2.40. The smallest absolute Gasteiger partial charge is 0.278 e. The highest BCUT2D eigenvalue weighted by Crippen LogP contribution is 2.38. The minimum absolute atomic E-state index is 0.00445. The molecule has 0 bridgehead atoms. The van der Waals surface area contributed by atoms with Crippen LogP contribution in [-0.4, -0.2) is 40.5 Å². The Morgan fingerprint density at radius 3 is 2.60 bits per heavy atom. The normalized spacial score (nSPS) is 11.7. The van der Waals surface area contributed by atoms with E-state index >= 15 is 0 Å². The van der Waals surface area contributed by atoms with E-state index < -0.39 is 8.07 Å². The Morgan fingerprint density at radius 2 is 1.97 bits per heavy atom. The molecule has 0 radical (unpaired) electrons. The second-order valence-electron chi connectivity index (χ2n) is 8.47. The molecule has 30 heavy (non-hydrogen) atoms. The average molecular weight is 425 g/mol. The largest absolute Gasteiger partial charge is 0.396 e. The third kappa shape index (κ3) is 4.70. The summed E-state index contributed by atoms with van der Waals surface area (Å²) in [6.07, 6.45) is 1.93. The minimum atomic E-state index is -1.21. The van der Waals surface area contributed by atoms with E-state index in [1.54, 1.807) is 0 Å². The molecule has 0 saturated carbocycles. The van der Waals surface area contributed by atoms with Gasteiger partial charge in [-0.1, -0.05) is 50.0 Å². The molecule has 0 unspecified atom stereocenters. The first-order valence-corrected chi connectivity index (χ1v) is 13.8. The number of fused-ring (bicyclic) bond motifs is 1. The van der Waals surface area contributed by atoms with Gasteiger partial charge in [0, 0.05) is 27.8 Å². The second kappa shape index (κ2) is 9.39. The molecule has 3 rings (SSSR count). The quantitative estimate of drug-likeness (QED) is 0.319. The molecular weight excluding hydrogens is 396 g/mol. The Hall–Kier alpha value is -2.73. The van der Waals surface area contributed by atoms with E-state index in [-0.39, 0.29) is 18.9 Å². The molecule has 7 nitrogen and oxygen atoms in total. The van der Waals surface area contributed by atoms with Gasteiger partial charge >= 0.3 is 0 Å². The molecule has 1 aromatic carbocycles. The zero-order valence-corrected chi connectivity index (χ0v) is 18.8. The van der Waals surface area contributed by atoms with Crippen LogP contribution in [0.5, 0.6) is 0 Å². The monoisotopic (exact) mass is 424 g/mol. The van der Waals surface area contributed by atoms with Gasteiger partial charge < -0.3 is 14.4 Å². The molecule has 2 heterocycles. The molecule has 0 atom stereocenters. The Morgan fingerprint density at radius 1 is 1.23 bits per heavy atom. The predicted molar refractivity (Wildman–Crippen MR) is 121 cm³/mol. The number of benzene rings is 1. The number of hydrogen-bond donors (Lipinski definition) is 1. The van der Waals surface area contributed by atoms with Crippen LogP contribution in [0.4, 0.5) is 5.69 Å². The summed E-state index contributed by atoms with van der Waals surface area (Å²) in [4.78, 5) is 21.4. The lowest BCUT2D eigenvalue weighted by Gasteiger charge is -2.16. The minimum Gasteiger partial charge on any atom is -0.396 e. The summed E-state index contributed by atoms with van der Waals surface area (Å²) in [6, 6.07) is 10.5. The van der Waals surface area contributed by atoms with Gasteiger partial charge in [-0.25, -0.2) is 9.83 Å². The first-order valence-electron chi connectivity index (χ1n) is 10.1. The fraction of sp³-hybridized carbons (Fsp3) is 0.409. The summed E-state index contributed by atoms with van der Waals surface area (Å²) < 4.78 is 9.01. The maximum absolute atomic E-state index is 13.3. The second-order valence-corrected chi connectivity index (χ2v) is 14.1. The number of nitrogens with zero attached hydrogens (tertiary/aromatic N) is 4. The maximum Gasteiger partial charge on any atom is 0.278 e. The highest BCUT2D eigenvalue weighted by molar-refractivity contribution is 6.76. The maximum atomic E-state index is 13.3. The number of aliphatic hydroxyl groups excluding tert-OH is 1. The fourth-order valence-electron chi connectivity index (χ4n) is 3.33. The van der Waals surface area contributed by atoms with E-state index in [1.165, 1.54) is 10.9 Å². The van der Waals surface area contributed by atoms with Crippen LogP contribution in [0.1, 0.15) is 6.42 Å². The van der Waals surface area contributed by atoms with Crippen molar-refractivity contribution in [3.63, 3.8) is 0 Å². The van der Waals surface area contributed by atoms with Crippen molar-refractivity contribution in [2.24, 2.45) is 0 Å². The summed E-state index contributed by atoms with van der Waals surface area (Å²) in [5.74, 6) is 0. The molecule has 3 aromatic rings. The van der Waals surface area contributed by atoms with E-state index in [2.05, 4.69) is 29.5 Å². The summed E-state index contributed by atoms with van der Waals surface area (Å²) in [7, 11) is -1.21. The van der Waals surface area contributed by atoms with E-state index in [1.807, 2.05) is 34.9 Å². The number of hydrogen-bond acceptors (Lipinski definition) is 4. The van der Waals surface area contributed by atoms with Gasteiger partial charge in [0.15, 0.2) is 0 Å². The highest BCUT2D eigenvalue weighted by Gasteiger charge is 2.23. The lowest BCUT2D eigenvalue weighted by atomic mass is 10.1. The van der Waals surface area contributed by atoms with Gasteiger partial charge in [0.1, 0.15) is 17.8 Å². The zero-order chi connectivity index (χ0) is 21.7. The summed E-state index contributed by atoms with van der Waals surface area (Å²) in [5, 5.41) is 9.37. The van der Waals surface area contributed by atoms with Crippen LogP contribution in [0.15, 0.2) is 41.5 Å². The topological polar surface area (TPSA) is 73.6 Å². The Bertz CT molecular complexity index is 1110. The predicted octanol–water partition coefficient (Wildman–Crippen LogP) is 4.11. The molecule has 0 aliphatic rings. The van der Waals surface area contributed by atoms with E-state index in [9.17, 15) is 9.90 Å². The number of ether oxygens (including phenoxy) is 1. The van der Waals surface area contributed by atoms with Crippen molar-refractivity contribution in [2.45, 2.75) is 45.4 Å². The van der Waals surface area contributed by atoms with Crippen molar-refractivity contribution in [2.75, 3.05) is 13.2 Å². The average Bonchev–Trinajstić information content (AvgIpc) is 3.05.